The molecule has 0 saturated carbocycles. The van der Waals surface area contributed by atoms with Crippen molar-refractivity contribution in [2.45, 2.75) is 20.4 Å². The maximum Gasteiger partial charge on any atom is 0.268 e. The van der Waals surface area contributed by atoms with Crippen LogP contribution in [0, 0.1) is 13.8 Å². The zero-order valence-corrected chi connectivity index (χ0v) is 18.8. The number of carbonyl (C=O) groups is 2. The molecule has 0 radical (unpaired) electrons. The van der Waals surface area contributed by atoms with Crippen LogP contribution in [-0.4, -0.2) is 11.8 Å². The van der Waals surface area contributed by atoms with Crippen molar-refractivity contribution in [2.24, 2.45) is 0 Å². The smallest absolute Gasteiger partial charge is 0.268 e. The van der Waals surface area contributed by atoms with E-state index in [4.69, 9.17) is 23.2 Å². The Hall–Kier alpha value is -2.60. The molecule has 0 fully saturated rings. The molecule has 0 aliphatic rings. The Bertz CT molecular complexity index is 1110. The van der Waals surface area contributed by atoms with E-state index in [-0.39, 0.29) is 18.1 Å². The van der Waals surface area contributed by atoms with Crippen LogP contribution in [0.15, 0.2) is 59.6 Å². The lowest BCUT2D eigenvalue weighted by Crippen LogP contribution is -2.34. The van der Waals surface area contributed by atoms with Gasteiger partial charge in [-0.25, -0.2) is 0 Å². The molecule has 7 heteroatoms. The Morgan fingerprint density at radius 3 is 2.47 bits per heavy atom. The van der Waals surface area contributed by atoms with Gasteiger partial charge in [-0.3, -0.25) is 9.59 Å². The Morgan fingerprint density at radius 2 is 1.80 bits per heavy atom. The summed E-state index contributed by atoms with van der Waals surface area (Å²) in [6.07, 6.45) is 1.66. The molecule has 4 nitrogen and oxygen atoms in total. The second kappa shape index (κ2) is 9.94. The van der Waals surface area contributed by atoms with Crippen molar-refractivity contribution in [3.63, 3.8) is 0 Å². The second-order valence-corrected chi connectivity index (χ2v) is 8.55. The lowest BCUT2D eigenvalue weighted by Gasteiger charge is -2.12. The van der Waals surface area contributed by atoms with Crippen LogP contribution in [0.5, 0.6) is 0 Å². The fourth-order valence-electron chi connectivity index (χ4n) is 2.68. The first kappa shape index (κ1) is 22.1. The maximum atomic E-state index is 12.8. The summed E-state index contributed by atoms with van der Waals surface area (Å²) in [5.74, 6) is -0.739. The van der Waals surface area contributed by atoms with Crippen molar-refractivity contribution < 1.29 is 9.59 Å². The van der Waals surface area contributed by atoms with E-state index in [1.165, 1.54) is 11.3 Å². The van der Waals surface area contributed by atoms with Gasteiger partial charge >= 0.3 is 0 Å². The summed E-state index contributed by atoms with van der Waals surface area (Å²) in [5.41, 5.74) is 3.57. The molecule has 1 heterocycles. The summed E-state index contributed by atoms with van der Waals surface area (Å²) in [7, 11) is 0. The molecule has 0 spiro atoms. The molecule has 1 aromatic heterocycles. The van der Waals surface area contributed by atoms with Crippen LogP contribution in [0.1, 0.15) is 31.9 Å². The number of amides is 2. The number of hydrogen-bond acceptors (Lipinski definition) is 3. The third kappa shape index (κ3) is 5.72. The summed E-state index contributed by atoms with van der Waals surface area (Å²) in [5, 5.41) is 8.33. The molecule has 0 aliphatic carbocycles. The SMILES string of the molecule is Cc1ccc(C(=O)N/C(=C/c2cccs2)C(=O)NCc2ccc(Cl)c(Cl)c2)cc1C. The molecular formula is C23H20Cl2N2O2S. The zero-order chi connectivity index (χ0) is 21.7. The summed E-state index contributed by atoms with van der Waals surface area (Å²) in [6, 6.07) is 14.3. The Kier molecular flexibility index (Phi) is 7.32. The van der Waals surface area contributed by atoms with E-state index >= 15 is 0 Å². The molecule has 0 unspecified atom stereocenters. The van der Waals surface area contributed by atoms with Crippen LogP contribution in [-0.2, 0) is 11.3 Å². The zero-order valence-electron chi connectivity index (χ0n) is 16.5. The molecule has 2 N–H and O–H groups in total. The predicted octanol–water partition coefficient (Wildman–Crippen LogP) is 5.76. The molecule has 0 atom stereocenters. The molecule has 0 saturated heterocycles. The average Bonchev–Trinajstić information content (AvgIpc) is 3.23. The van der Waals surface area contributed by atoms with Gasteiger partial charge in [0.15, 0.2) is 0 Å². The average molecular weight is 459 g/mol. The number of benzene rings is 2. The van der Waals surface area contributed by atoms with Gasteiger partial charge in [-0.05, 0) is 72.3 Å². The summed E-state index contributed by atoms with van der Waals surface area (Å²) in [4.78, 5) is 26.4. The topological polar surface area (TPSA) is 58.2 Å². The van der Waals surface area contributed by atoms with Crippen LogP contribution >= 0.6 is 34.5 Å². The van der Waals surface area contributed by atoms with Crippen molar-refractivity contribution in [1.29, 1.82) is 0 Å². The lowest BCUT2D eigenvalue weighted by atomic mass is 10.1. The standard InChI is InChI=1S/C23H20Cl2N2O2S/c1-14-5-7-17(10-15(14)2)22(28)27-21(12-18-4-3-9-30-18)23(29)26-13-16-6-8-19(24)20(25)11-16/h3-12H,13H2,1-2H3,(H,26,29)(H,27,28)/b21-12+. The van der Waals surface area contributed by atoms with E-state index in [1.807, 2.05) is 37.4 Å². The highest BCUT2D eigenvalue weighted by atomic mass is 35.5. The van der Waals surface area contributed by atoms with Gasteiger partial charge in [-0.1, -0.05) is 41.4 Å². The van der Waals surface area contributed by atoms with Gasteiger partial charge < -0.3 is 10.6 Å². The highest BCUT2D eigenvalue weighted by Crippen LogP contribution is 2.22. The Balaban J connectivity index is 1.78. The maximum absolute atomic E-state index is 12.8. The first-order valence-electron chi connectivity index (χ1n) is 9.19. The van der Waals surface area contributed by atoms with Crippen LogP contribution < -0.4 is 10.6 Å². The number of aryl methyl sites for hydroxylation is 2. The van der Waals surface area contributed by atoms with E-state index in [1.54, 1.807) is 36.4 Å². The minimum Gasteiger partial charge on any atom is -0.347 e. The number of hydrogen-bond donors (Lipinski definition) is 2. The summed E-state index contributed by atoms with van der Waals surface area (Å²) < 4.78 is 0. The third-order valence-electron chi connectivity index (χ3n) is 4.53. The predicted molar refractivity (Wildman–Crippen MR) is 124 cm³/mol. The van der Waals surface area contributed by atoms with Gasteiger partial charge in [-0.2, -0.15) is 0 Å². The Labute approximate surface area is 189 Å². The fraction of sp³-hybridized carbons (Fsp3) is 0.130. The molecule has 2 aromatic carbocycles. The van der Waals surface area contributed by atoms with E-state index < -0.39 is 5.91 Å². The first-order chi connectivity index (χ1) is 14.3. The minimum absolute atomic E-state index is 0.167. The van der Waals surface area contributed by atoms with Crippen LogP contribution in [0.25, 0.3) is 6.08 Å². The van der Waals surface area contributed by atoms with Crippen molar-refractivity contribution in [3.05, 3.63) is 96.8 Å². The largest absolute Gasteiger partial charge is 0.347 e. The number of thiophene rings is 1. The van der Waals surface area contributed by atoms with E-state index in [9.17, 15) is 9.59 Å². The first-order valence-corrected chi connectivity index (χ1v) is 10.8. The third-order valence-corrected chi connectivity index (χ3v) is 6.09. The highest BCUT2D eigenvalue weighted by Gasteiger charge is 2.15. The van der Waals surface area contributed by atoms with E-state index in [0.717, 1.165) is 21.6 Å². The highest BCUT2D eigenvalue weighted by molar-refractivity contribution is 7.10. The van der Waals surface area contributed by atoms with Gasteiger partial charge in [0.25, 0.3) is 11.8 Å². The van der Waals surface area contributed by atoms with Gasteiger partial charge in [0.1, 0.15) is 5.70 Å². The molecule has 2 amide bonds. The monoisotopic (exact) mass is 458 g/mol. The van der Waals surface area contributed by atoms with Gasteiger partial charge in [0.2, 0.25) is 0 Å². The van der Waals surface area contributed by atoms with Crippen LogP contribution in [0.4, 0.5) is 0 Å². The van der Waals surface area contributed by atoms with E-state index in [0.29, 0.717) is 15.6 Å². The second-order valence-electron chi connectivity index (χ2n) is 6.76. The number of nitrogens with one attached hydrogen (secondary N) is 2. The Morgan fingerprint density at radius 1 is 1.00 bits per heavy atom. The number of rotatable bonds is 6. The quantitative estimate of drug-likeness (QED) is 0.461. The molecule has 30 heavy (non-hydrogen) atoms. The number of carbonyl (C=O) groups excluding carboxylic acids is 2. The van der Waals surface area contributed by atoms with Gasteiger partial charge in [0.05, 0.1) is 10.0 Å². The van der Waals surface area contributed by atoms with E-state index in [2.05, 4.69) is 10.6 Å². The summed E-state index contributed by atoms with van der Waals surface area (Å²) in [6.45, 7) is 4.17. The lowest BCUT2D eigenvalue weighted by molar-refractivity contribution is -0.117. The van der Waals surface area contributed by atoms with Crippen molar-refractivity contribution >= 4 is 52.4 Å². The molecular weight excluding hydrogens is 439 g/mol. The van der Waals surface area contributed by atoms with Crippen LogP contribution in [0.2, 0.25) is 10.0 Å². The fourth-order valence-corrected chi connectivity index (χ4v) is 3.66. The van der Waals surface area contributed by atoms with Gasteiger partial charge in [-0.15, -0.1) is 11.3 Å². The number of halogens is 2. The molecule has 0 aliphatic heterocycles. The minimum atomic E-state index is -0.397. The normalized spacial score (nSPS) is 11.3. The van der Waals surface area contributed by atoms with Gasteiger partial charge in [0, 0.05) is 17.0 Å². The molecule has 3 rings (SSSR count). The molecule has 154 valence electrons. The summed E-state index contributed by atoms with van der Waals surface area (Å²) >= 11 is 13.4. The van der Waals surface area contributed by atoms with Crippen molar-refractivity contribution in [2.75, 3.05) is 0 Å². The van der Waals surface area contributed by atoms with Crippen LogP contribution in [0.3, 0.4) is 0 Å². The van der Waals surface area contributed by atoms with Crippen molar-refractivity contribution in [3.8, 4) is 0 Å². The molecule has 3 aromatic rings. The molecule has 0 bridgehead atoms. The van der Waals surface area contributed by atoms with Crippen molar-refractivity contribution in [1.82, 2.24) is 10.6 Å².